The van der Waals surface area contributed by atoms with Crippen LogP contribution in [0, 0.1) is 0 Å². The minimum Gasteiger partial charge on any atom is -0.388 e. The zero-order chi connectivity index (χ0) is 12.8. The van der Waals surface area contributed by atoms with E-state index >= 15 is 0 Å². The summed E-state index contributed by atoms with van der Waals surface area (Å²) in [4.78, 5) is 0. The maximum atomic E-state index is 10.4. The molecule has 0 aromatic heterocycles. The van der Waals surface area contributed by atoms with Crippen molar-refractivity contribution in [3.63, 3.8) is 0 Å². The lowest BCUT2D eigenvalue weighted by Gasteiger charge is -2.34. The first-order valence-electron chi connectivity index (χ1n) is 7.45. The first-order chi connectivity index (χ1) is 8.68. The summed E-state index contributed by atoms with van der Waals surface area (Å²) in [5.41, 5.74) is -0.549. The highest BCUT2D eigenvalue weighted by molar-refractivity contribution is 4.85. The Labute approximate surface area is 110 Å². The Bertz CT molecular complexity index is 236. The number of nitrogens with one attached hydrogen (secondary N) is 2. The van der Waals surface area contributed by atoms with Crippen LogP contribution in [0.1, 0.15) is 45.4 Å². The minimum absolute atomic E-state index is 0.465. The first kappa shape index (κ1) is 14.3. The van der Waals surface area contributed by atoms with E-state index in [4.69, 9.17) is 4.74 Å². The Morgan fingerprint density at radius 2 is 2.17 bits per heavy atom. The predicted molar refractivity (Wildman–Crippen MR) is 72.7 cm³/mol. The molecule has 0 amide bonds. The fourth-order valence-corrected chi connectivity index (χ4v) is 2.93. The van der Waals surface area contributed by atoms with Crippen LogP contribution < -0.4 is 10.6 Å². The Kier molecular flexibility index (Phi) is 5.42. The fourth-order valence-electron chi connectivity index (χ4n) is 2.93. The summed E-state index contributed by atoms with van der Waals surface area (Å²) in [6, 6.07) is 1.12. The van der Waals surface area contributed by atoms with Crippen LogP contribution in [0.15, 0.2) is 0 Å². The van der Waals surface area contributed by atoms with Gasteiger partial charge in [-0.3, -0.25) is 0 Å². The van der Waals surface area contributed by atoms with Gasteiger partial charge in [-0.05, 0) is 32.7 Å². The molecular weight excluding hydrogens is 228 g/mol. The van der Waals surface area contributed by atoms with Crippen molar-refractivity contribution >= 4 is 0 Å². The Morgan fingerprint density at radius 1 is 1.39 bits per heavy atom. The minimum atomic E-state index is -0.549. The second-order valence-corrected chi connectivity index (χ2v) is 6.00. The summed E-state index contributed by atoms with van der Waals surface area (Å²) in [6.45, 7) is 5.47. The average molecular weight is 256 g/mol. The van der Waals surface area contributed by atoms with Crippen molar-refractivity contribution in [2.24, 2.45) is 0 Å². The molecule has 2 heterocycles. The Morgan fingerprint density at radius 3 is 2.83 bits per heavy atom. The molecule has 2 saturated heterocycles. The van der Waals surface area contributed by atoms with Gasteiger partial charge in [-0.15, -0.1) is 0 Å². The van der Waals surface area contributed by atoms with Crippen molar-refractivity contribution < 1.29 is 9.84 Å². The molecule has 0 bridgehead atoms. The smallest absolute Gasteiger partial charge is 0.0815 e. The van der Waals surface area contributed by atoms with E-state index in [1.54, 1.807) is 0 Å². The molecule has 0 saturated carbocycles. The highest BCUT2D eigenvalue weighted by atomic mass is 16.5. The Hall–Kier alpha value is -0.160. The molecule has 3 N–H and O–H groups in total. The average Bonchev–Trinajstić information content (AvgIpc) is 2.39. The summed E-state index contributed by atoms with van der Waals surface area (Å²) < 4.78 is 5.30. The molecule has 2 fully saturated rings. The molecule has 4 nitrogen and oxygen atoms in total. The third-order valence-corrected chi connectivity index (χ3v) is 4.25. The van der Waals surface area contributed by atoms with Crippen LogP contribution in [0.5, 0.6) is 0 Å². The highest BCUT2D eigenvalue weighted by Crippen LogP contribution is 2.20. The molecule has 0 radical (unpaired) electrons. The molecule has 0 aliphatic carbocycles. The van der Waals surface area contributed by atoms with Crippen LogP contribution in [0.4, 0.5) is 0 Å². The second kappa shape index (κ2) is 6.85. The van der Waals surface area contributed by atoms with Crippen LogP contribution in [0.2, 0.25) is 0 Å². The van der Waals surface area contributed by atoms with Crippen LogP contribution in [-0.2, 0) is 4.74 Å². The third kappa shape index (κ3) is 4.50. The van der Waals surface area contributed by atoms with Crippen molar-refractivity contribution in [3.8, 4) is 0 Å². The SMILES string of the molecule is CC(CC1CCCCN1)NCC1(O)CCOCC1. The molecule has 4 heteroatoms. The maximum Gasteiger partial charge on any atom is 0.0815 e. The lowest BCUT2D eigenvalue weighted by Crippen LogP contribution is -2.48. The Balaban J connectivity index is 1.65. The van der Waals surface area contributed by atoms with Gasteiger partial charge in [0.05, 0.1) is 5.60 Å². The van der Waals surface area contributed by atoms with Crippen molar-refractivity contribution in [3.05, 3.63) is 0 Å². The van der Waals surface area contributed by atoms with Gasteiger partial charge in [-0.2, -0.15) is 0 Å². The summed E-state index contributed by atoms with van der Waals surface area (Å²) in [6.07, 6.45) is 6.64. The zero-order valence-corrected chi connectivity index (χ0v) is 11.6. The van der Waals surface area contributed by atoms with Gasteiger partial charge in [0, 0.05) is 44.7 Å². The lowest BCUT2D eigenvalue weighted by atomic mass is 9.93. The van der Waals surface area contributed by atoms with E-state index in [-0.39, 0.29) is 0 Å². The van der Waals surface area contributed by atoms with Gasteiger partial charge in [0.1, 0.15) is 0 Å². The summed E-state index contributed by atoms with van der Waals surface area (Å²) >= 11 is 0. The molecule has 0 spiro atoms. The topological polar surface area (TPSA) is 53.5 Å². The van der Waals surface area contributed by atoms with Gasteiger partial charge in [0.25, 0.3) is 0 Å². The zero-order valence-electron chi connectivity index (χ0n) is 11.6. The number of hydrogen-bond acceptors (Lipinski definition) is 4. The molecule has 106 valence electrons. The highest BCUT2D eigenvalue weighted by Gasteiger charge is 2.30. The molecular formula is C14H28N2O2. The van der Waals surface area contributed by atoms with Gasteiger partial charge in [0.15, 0.2) is 0 Å². The normalized spacial score (nSPS) is 30.0. The molecule has 0 aromatic carbocycles. The number of piperidine rings is 1. The second-order valence-electron chi connectivity index (χ2n) is 6.00. The number of hydrogen-bond donors (Lipinski definition) is 3. The van der Waals surface area contributed by atoms with E-state index in [0.29, 0.717) is 31.8 Å². The fraction of sp³-hybridized carbons (Fsp3) is 1.00. The van der Waals surface area contributed by atoms with Gasteiger partial charge in [0.2, 0.25) is 0 Å². The van der Waals surface area contributed by atoms with Crippen molar-refractivity contribution in [2.45, 2.75) is 63.1 Å². The van der Waals surface area contributed by atoms with E-state index in [0.717, 1.165) is 19.3 Å². The third-order valence-electron chi connectivity index (χ3n) is 4.25. The van der Waals surface area contributed by atoms with E-state index in [9.17, 15) is 5.11 Å². The number of ether oxygens (including phenoxy) is 1. The van der Waals surface area contributed by atoms with Crippen LogP contribution >= 0.6 is 0 Å². The summed E-state index contributed by atoms with van der Waals surface area (Å²) in [5, 5.41) is 17.4. The quantitative estimate of drug-likeness (QED) is 0.688. The van der Waals surface area contributed by atoms with E-state index in [2.05, 4.69) is 17.6 Å². The summed E-state index contributed by atoms with van der Waals surface area (Å²) in [7, 11) is 0. The predicted octanol–water partition coefficient (Wildman–Crippen LogP) is 1.04. The largest absolute Gasteiger partial charge is 0.388 e. The van der Waals surface area contributed by atoms with Gasteiger partial charge < -0.3 is 20.5 Å². The van der Waals surface area contributed by atoms with Crippen molar-refractivity contribution in [1.82, 2.24) is 10.6 Å². The number of rotatable bonds is 5. The van der Waals surface area contributed by atoms with Gasteiger partial charge in [-0.1, -0.05) is 6.42 Å². The molecule has 2 rings (SSSR count). The van der Waals surface area contributed by atoms with Crippen molar-refractivity contribution in [2.75, 3.05) is 26.3 Å². The maximum absolute atomic E-state index is 10.4. The van der Waals surface area contributed by atoms with Gasteiger partial charge >= 0.3 is 0 Å². The standard InChI is InChI=1S/C14H28N2O2/c1-12(10-13-4-2-3-7-15-13)16-11-14(17)5-8-18-9-6-14/h12-13,15-17H,2-11H2,1H3. The molecule has 18 heavy (non-hydrogen) atoms. The lowest BCUT2D eigenvalue weighted by molar-refractivity contribution is -0.0627. The van der Waals surface area contributed by atoms with Crippen LogP contribution in [0.3, 0.4) is 0 Å². The monoisotopic (exact) mass is 256 g/mol. The molecule has 2 aliphatic rings. The summed E-state index contributed by atoms with van der Waals surface area (Å²) in [5.74, 6) is 0. The molecule has 0 aromatic rings. The van der Waals surface area contributed by atoms with E-state index in [1.165, 1.54) is 25.8 Å². The van der Waals surface area contributed by atoms with Gasteiger partial charge in [-0.25, -0.2) is 0 Å². The van der Waals surface area contributed by atoms with Crippen molar-refractivity contribution in [1.29, 1.82) is 0 Å². The van der Waals surface area contributed by atoms with Crippen LogP contribution in [0.25, 0.3) is 0 Å². The molecule has 2 atom stereocenters. The van der Waals surface area contributed by atoms with E-state index < -0.39 is 5.60 Å². The van der Waals surface area contributed by atoms with Crippen LogP contribution in [-0.4, -0.2) is 49.1 Å². The molecule has 2 unspecified atom stereocenters. The number of aliphatic hydroxyl groups is 1. The molecule has 2 aliphatic heterocycles. The van der Waals surface area contributed by atoms with E-state index in [1.807, 2.05) is 0 Å². The first-order valence-corrected chi connectivity index (χ1v) is 7.45.